The quantitative estimate of drug-likeness (QED) is 0.730. The van der Waals surface area contributed by atoms with Crippen LogP contribution < -0.4 is 5.32 Å². The van der Waals surface area contributed by atoms with Gasteiger partial charge in [-0.2, -0.15) is 5.10 Å². The minimum absolute atomic E-state index is 0.408. The molecule has 26 heavy (non-hydrogen) atoms. The first-order valence-electron chi connectivity index (χ1n) is 8.77. The smallest absolute Gasteiger partial charge is 0.137 e. The monoisotopic (exact) mass is 389 g/mol. The minimum Gasteiger partial charge on any atom is -0.333 e. The molecule has 1 aliphatic heterocycles. The minimum atomic E-state index is 0.408. The molecule has 4 rings (SSSR count). The lowest BCUT2D eigenvalue weighted by Gasteiger charge is -2.24. The van der Waals surface area contributed by atoms with Crippen LogP contribution in [0.15, 0.2) is 30.5 Å². The molecule has 0 fully saturated rings. The molecule has 0 radical (unpaired) electrons. The third kappa shape index (κ3) is 3.39. The zero-order valence-corrected chi connectivity index (χ0v) is 16.3. The lowest BCUT2D eigenvalue weighted by Crippen LogP contribution is -2.36. The molecule has 0 saturated heterocycles. The van der Waals surface area contributed by atoms with Crippen molar-refractivity contribution in [2.45, 2.75) is 45.8 Å². The van der Waals surface area contributed by atoms with Crippen molar-refractivity contribution in [2.24, 2.45) is 0 Å². The first-order valence-corrected chi connectivity index (χ1v) is 9.53. The van der Waals surface area contributed by atoms with E-state index in [-0.39, 0.29) is 0 Å². The highest BCUT2D eigenvalue weighted by atomic mass is 35.5. The van der Waals surface area contributed by atoms with Crippen LogP contribution in [0.5, 0.6) is 0 Å². The number of benzene rings is 1. The van der Waals surface area contributed by atoms with Crippen LogP contribution >= 0.6 is 23.2 Å². The van der Waals surface area contributed by atoms with E-state index >= 15 is 0 Å². The van der Waals surface area contributed by atoms with Crippen LogP contribution in [0.2, 0.25) is 10.2 Å². The molecule has 1 N–H and O–H groups in total. The summed E-state index contributed by atoms with van der Waals surface area (Å²) in [5, 5.41) is 9.58. The summed E-state index contributed by atoms with van der Waals surface area (Å²) in [6.45, 7) is 5.68. The van der Waals surface area contributed by atoms with Gasteiger partial charge >= 0.3 is 0 Å². The van der Waals surface area contributed by atoms with E-state index in [1.54, 1.807) is 4.68 Å². The number of hydrogen-bond donors (Lipinski definition) is 1. The van der Waals surface area contributed by atoms with Gasteiger partial charge in [-0.25, -0.2) is 9.67 Å². The average Bonchev–Trinajstić information content (AvgIpc) is 3.12. The van der Waals surface area contributed by atoms with Gasteiger partial charge in [-0.3, -0.25) is 0 Å². The van der Waals surface area contributed by atoms with E-state index in [0.29, 0.717) is 22.8 Å². The van der Waals surface area contributed by atoms with Crippen molar-refractivity contribution in [3.63, 3.8) is 0 Å². The lowest BCUT2D eigenvalue weighted by molar-refractivity contribution is 0.378. The fourth-order valence-electron chi connectivity index (χ4n) is 3.48. The SMILES string of the molecule is Cc1cn2c(n1)CCC(NCc1c(C)nn(-c3ccc(Cl)cc3)c1Cl)C2. The number of aromatic nitrogens is 4. The summed E-state index contributed by atoms with van der Waals surface area (Å²) in [6, 6.07) is 7.93. The van der Waals surface area contributed by atoms with Crippen molar-refractivity contribution in [2.75, 3.05) is 0 Å². The zero-order valence-electron chi connectivity index (χ0n) is 14.8. The van der Waals surface area contributed by atoms with E-state index in [1.165, 1.54) is 5.82 Å². The molecule has 3 heterocycles. The summed E-state index contributed by atoms with van der Waals surface area (Å²) in [5.41, 5.74) is 3.97. The molecule has 0 aliphatic carbocycles. The molecule has 0 amide bonds. The summed E-state index contributed by atoms with van der Waals surface area (Å²) < 4.78 is 4.02. The Morgan fingerprint density at radius 2 is 1.96 bits per heavy atom. The molecule has 1 unspecified atom stereocenters. The van der Waals surface area contributed by atoms with Gasteiger partial charge in [0.25, 0.3) is 0 Å². The highest BCUT2D eigenvalue weighted by Gasteiger charge is 2.21. The first kappa shape index (κ1) is 17.6. The van der Waals surface area contributed by atoms with Gasteiger partial charge in [-0.1, -0.05) is 23.2 Å². The molecule has 1 aromatic carbocycles. The summed E-state index contributed by atoms with van der Waals surface area (Å²) in [6.07, 6.45) is 4.21. The van der Waals surface area contributed by atoms with Gasteiger partial charge in [0.2, 0.25) is 0 Å². The van der Waals surface area contributed by atoms with Crippen LogP contribution in [0.1, 0.15) is 29.2 Å². The van der Waals surface area contributed by atoms with Crippen LogP contribution in [0.4, 0.5) is 0 Å². The van der Waals surface area contributed by atoms with Crippen LogP contribution in [-0.4, -0.2) is 25.4 Å². The van der Waals surface area contributed by atoms with Crippen molar-refractivity contribution in [3.05, 3.63) is 63.4 Å². The van der Waals surface area contributed by atoms with Gasteiger partial charge in [0, 0.05) is 42.3 Å². The summed E-state index contributed by atoms with van der Waals surface area (Å²) in [4.78, 5) is 4.57. The Morgan fingerprint density at radius 3 is 2.73 bits per heavy atom. The maximum absolute atomic E-state index is 6.62. The Hall–Kier alpha value is -1.82. The second kappa shape index (κ2) is 7.06. The molecule has 0 bridgehead atoms. The van der Waals surface area contributed by atoms with Crippen molar-refractivity contribution in [1.29, 1.82) is 0 Å². The second-order valence-electron chi connectivity index (χ2n) is 6.81. The molecule has 5 nitrogen and oxygen atoms in total. The van der Waals surface area contributed by atoms with Crippen molar-refractivity contribution < 1.29 is 0 Å². The van der Waals surface area contributed by atoms with E-state index in [4.69, 9.17) is 23.2 Å². The number of rotatable bonds is 4. The van der Waals surface area contributed by atoms with E-state index < -0.39 is 0 Å². The molecule has 1 aliphatic rings. The topological polar surface area (TPSA) is 47.7 Å². The zero-order chi connectivity index (χ0) is 18.3. The molecule has 3 aromatic rings. The maximum Gasteiger partial charge on any atom is 0.137 e. The Kier molecular flexibility index (Phi) is 4.78. The van der Waals surface area contributed by atoms with Gasteiger partial charge in [-0.15, -0.1) is 0 Å². The first-order chi connectivity index (χ1) is 12.5. The number of fused-ring (bicyclic) bond motifs is 1. The Balaban J connectivity index is 1.48. The molecule has 2 aromatic heterocycles. The Bertz CT molecular complexity index is 926. The van der Waals surface area contributed by atoms with Crippen molar-refractivity contribution in [1.82, 2.24) is 24.6 Å². The van der Waals surface area contributed by atoms with Gasteiger partial charge in [0.15, 0.2) is 0 Å². The van der Waals surface area contributed by atoms with Gasteiger partial charge < -0.3 is 9.88 Å². The van der Waals surface area contributed by atoms with Gasteiger partial charge in [-0.05, 0) is 44.5 Å². The molecular formula is C19H21Cl2N5. The van der Waals surface area contributed by atoms with Gasteiger partial charge in [0.05, 0.1) is 17.1 Å². The number of nitrogens with zero attached hydrogens (tertiary/aromatic N) is 4. The fraction of sp³-hybridized carbons (Fsp3) is 0.368. The second-order valence-corrected chi connectivity index (χ2v) is 7.60. The average molecular weight is 390 g/mol. The molecule has 1 atom stereocenters. The van der Waals surface area contributed by atoms with Crippen molar-refractivity contribution in [3.8, 4) is 5.69 Å². The third-order valence-corrected chi connectivity index (χ3v) is 5.51. The summed E-state index contributed by atoms with van der Waals surface area (Å²) >= 11 is 12.6. The Labute approximate surface area is 162 Å². The molecular weight excluding hydrogens is 369 g/mol. The highest BCUT2D eigenvalue weighted by Crippen LogP contribution is 2.25. The van der Waals surface area contributed by atoms with E-state index in [9.17, 15) is 0 Å². The largest absolute Gasteiger partial charge is 0.333 e. The molecule has 136 valence electrons. The number of imidazole rings is 1. The fourth-order valence-corrected chi connectivity index (χ4v) is 3.95. The molecule has 7 heteroatoms. The number of aryl methyl sites for hydroxylation is 3. The van der Waals surface area contributed by atoms with Crippen LogP contribution in [0.25, 0.3) is 5.69 Å². The maximum atomic E-state index is 6.62. The molecule has 0 spiro atoms. The number of halogens is 2. The van der Waals surface area contributed by atoms with E-state index in [1.807, 2.05) is 38.1 Å². The third-order valence-electron chi connectivity index (χ3n) is 4.87. The Morgan fingerprint density at radius 1 is 1.19 bits per heavy atom. The van der Waals surface area contributed by atoms with Crippen LogP contribution in [0, 0.1) is 13.8 Å². The standard InChI is InChI=1S/C19H21Cl2N5/c1-12-10-25-11-15(5-8-18(25)23-12)22-9-17-13(2)24-26(19(17)21)16-6-3-14(20)4-7-16/h3-4,6-7,10,15,22H,5,8-9,11H2,1-2H3. The normalized spacial score (nSPS) is 16.7. The predicted octanol–water partition coefficient (Wildman–Crippen LogP) is 4.10. The van der Waals surface area contributed by atoms with E-state index in [2.05, 4.69) is 26.2 Å². The highest BCUT2D eigenvalue weighted by molar-refractivity contribution is 6.31. The molecule has 0 saturated carbocycles. The van der Waals surface area contributed by atoms with E-state index in [0.717, 1.165) is 42.0 Å². The summed E-state index contributed by atoms with van der Waals surface area (Å²) in [7, 11) is 0. The summed E-state index contributed by atoms with van der Waals surface area (Å²) in [5.74, 6) is 1.19. The van der Waals surface area contributed by atoms with Crippen LogP contribution in [0.3, 0.4) is 0 Å². The number of hydrogen-bond acceptors (Lipinski definition) is 3. The van der Waals surface area contributed by atoms with Crippen molar-refractivity contribution >= 4 is 23.2 Å². The number of nitrogens with one attached hydrogen (secondary N) is 1. The lowest BCUT2D eigenvalue weighted by atomic mass is 10.1. The predicted molar refractivity (Wildman–Crippen MR) is 104 cm³/mol. The van der Waals surface area contributed by atoms with Crippen LogP contribution in [-0.2, 0) is 19.5 Å². The van der Waals surface area contributed by atoms with Gasteiger partial charge in [0.1, 0.15) is 11.0 Å².